The molecule has 0 radical (unpaired) electrons. The van der Waals surface area contributed by atoms with Gasteiger partial charge in [-0.05, 0) is 68.3 Å². The Bertz CT molecular complexity index is 366. The topological polar surface area (TPSA) is 15.3 Å². The van der Waals surface area contributed by atoms with Crippen molar-refractivity contribution in [3.63, 3.8) is 0 Å². The molecule has 1 aliphatic rings. The van der Waals surface area contributed by atoms with Crippen LogP contribution in [0, 0.1) is 0 Å². The lowest BCUT2D eigenvalue weighted by molar-refractivity contribution is 0.0988. The van der Waals surface area contributed by atoms with Gasteiger partial charge in [-0.3, -0.25) is 4.90 Å². The third kappa shape index (κ3) is 3.56. The van der Waals surface area contributed by atoms with Gasteiger partial charge in [0, 0.05) is 26.8 Å². The van der Waals surface area contributed by atoms with Gasteiger partial charge in [-0.2, -0.15) is 0 Å². The highest BCUT2D eigenvalue weighted by atomic mass is 79.9. The van der Waals surface area contributed by atoms with Gasteiger partial charge in [-0.1, -0.05) is 6.42 Å². The first kappa shape index (κ1) is 14.5. The summed E-state index contributed by atoms with van der Waals surface area (Å²) in [5, 5.41) is 5.48. The summed E-state index contributed by atoms with van der Waals surface area (Å²) >= 11 is 5.44. The molecule has 0 bridgehead atoms. The van der Waals surface area contributed by atoms with Crippen molar-refractivity contribution in [3.05, 3.63) is 20.8 Å². The molecule has 1 fully saturated rings. The summed E-state index contributed by atoms with van der Waals surface area (Å²) in [6.45, 7) is 4.74. The summed E-state index contributed by atoms with van der Waals surface area (Å²) in [6, 6.07) is 3.59. The molecule has 1 aromatic rings. The molecule has 1 aliphatic heterocycles. The van der Waals surface area contributed by atoms with Crippen LogP contribution < -0.4 is 5.32 Å². The van der Waals surface area contributed by atoms with Crippen LogP contribution in [0.3, 0.4) is 0 Å². The molecule has 0 spiro atoms. The molecule has 2 rings (SSSR count). The van der Waals surface area contributed by atoms with Crippen LogP contribution in [-0.4, -0.2) is 31.1 Å². The van der Waals surface area contributed by atoms with Crippen LogP contribution in [0.2, 0.25) is 0 Å². The number of nitrogens with one attached hydrogen (secondary N) is 1. The van der Waals surface area contributed by atoms with Gasteiger partial charge in [-0.15, -0.1) is 11.3 Å². The molecule has 1 aromatic heterocycles. The fraction of sp³-hybridized carbons (Fsp3) is 0.714. The number of thiophene rings is 1. The molecule has 102 valence electrons. The van der Waals surface area contributed by atoms with Gasteiger partial charge < -0.3 is 5.32 Å². The van der Waals surface area contributed by atoms with Crippen molar-refractivity contribution < 1.29 is 0 Å². The Balaban J connectivity index is 2.03. The maximum absolute atomic E-state index is 3.56. The van der Waals surface area contributed by atoms with E-state index in [4.69, 9.17) is 0 Å². The van der Waals surface area contributed by atoms with Gasteiger partial charge >= 0.3 is 0 Å². The molecular formula is C14H23BrN2S. The molecule has 2 heterocycles. The maximum Gasteiger partial charge on any atom is 0.0416 e. The normalized spacial score (nSPS) is 23.2. The Hall–Kier alpha value is 0.1000. The largest absolute Gasteiger partial charge is 0.320 e. The number of halogens is 1. The Labute approximate surface area is 123 Å². The average molecular weight is 331 g/mol. The third-order valence-corrected chi connectivity index (χ3v) is 5.76. The molecule has 1 N–H and O–H groups in total. The monoisotopic (exact) mass is 330 g/mol. The summed E-state index contributed by atoms with van der Waals surface area (Å²) in [4.78, 5) is 4.19. The number of rotatable bonds is 5. The first-order valence-corrected chi connectivity index (χ1v) is 8.54. The van der Waals surface area contributed by atoms with E-state index in [0.717, 1.165) is 12.6 Å². The highest BCUT2D eigenvalue weighted by Crippen LogP contribution is 2.33. The molecule has 1 saturated heterocycles. The zero-order chi connectivity index (χ0) is 13.0. The van der Waals surface area contributed by atoms with Crippen LogP contribution in [0.4, 0.5) is 0 Å². The summed E-state index contributed by atoms with van der Waals surface area (Å²) in [7, 11) is 2.05. The van der Waals surface area contributed by atoms with E-state index in [-0.39, 0.29) is 0 Å². The van der Waals surface area contributed by atoms with Crippen molar-refractivity contribution in [2.24, 2.45) is 0 Å². The molecule has 4 heteroatoms. The van der Waals surface area contributed by atoms with Crippen LogP contribution >= 0.6 is 27.3 Å². The Morgan fingerprint density at radius 1 is 1.56 bits per heavy atom. The smallest absolute Gasteiger partial charge is 0.0416 e. The third-order valence-electron chi connectivity index (χ3n) is 3.90. The minimum atomic E-state index is 0.559. The second-order valence-electron chi connectivity index (χ2n) is 5.12. The van der Waals surface area contributed by atoms with Crippen molar-refractivity contribution in [1.82, 2.24) is 10.2 Å². The summed E-state index contributed by atoms with van der Waals surface area (Å²) < 4.78 is 1.22. The predicted octanol–water partition coefficient (Wildman–Crippen LogP) is 4.04. The summed E-state index contributed by atoms with van der Waals surface area (Å²) in [5.74, 6) is 0. The first-order chi connectivity index (χ1) is 8.72. The minimum Gasteiger partial charge on any atom is -0.320 e. The SMILES string of the molecule is CNCCC1CCCCN1C(C)c1cc(Br)cs1. The van der Waals surface area contributed by atoms with E-state index >= 15 is 0 Å². The zero-order valence-electron chi connectivity index (χ0n) is 11.3. The Morgan fingerprint density at radius 2 is 2.39 bits per heavy atom. The van der Waals surface area contributed by atoms with Crippen LogP contribution in [0.5, 0.6) is 0 Å². The van der Waals surface area contributed by atoms with Crippen LogP contribution in [0.25, 0.3) is 0 Å². The molecule has 0 aliphatic carbocycles. The number of hydrogen-bond acceptors (Lipinski definition) is 3. The van der Waals surface area contributed by atoms with Crippen LogP contribution in [-0.2, 0) is 0 Å². The van der Waals surface area contributed by atoms with Gasteiger partial charge in [-0.25, -0.2) is 0 Å². The molecular weight excluding hydrogens is 308 g/mol. The highest BCUT2D eigenvalue weighted by Gasteiger charge is 2.27. The van der Waals surface area contributed by atoms with E-state index in [0.29, 0.717) is 6.04 Å². The van der Waals surface area contributed by atoms with Crippen molar-refractivity contribution in [1.29, 1.82) is 0 Å². The first-order valence-electron chi connectivity index (χ1n) is 6.86. The Kier molecular flexibility index (Phi) is 5.67. The van der Waals surface area contributed by atoms with Gasteiger partial charge in [0.1, 0.15) is 0 Å². The highest BCUT2D eigenvalue weighted by molar-refractivity contribution is 9.10. The number of nitrogens with zero attached hydrogens (tertiary/aromatic N) is 1. The van der Waals surface area contributed by atoms with Crippen molar-refractivity contribution in [2.45, 2.75) is 44.7 Å². The number of likely N-dealkylation sites (tertiary alicyclic amines) is 1. The zero-order valence-corrected chi connectivity index (χ0v) is 13.7. The minimum absolute atomic E-state index is 0.559. The lowest BCUT2D eigenvalue weighted by atomic mass is 9.97. The van der Waals surface area contributed by atoms with E-state index in [9.17, 15) is 0 Å². The fourth-order valence-corrected chi connectivity index (χ4v) is 4.39. The van der Waals surface area contributed by atoms with Gasteiger partial charge in [0.25, 0.3) is 0 Å². The van der Waals surface area contributed by atoms with Gasteiger partial charge in [0.05, 0.1) is 0 Å². The molecule has 2 unspecified atom stereocenters. The number of piperidine rings is 1. The van der Waals surface area contributed by atoms with E-state index in [1.807, 2.05) is 18.4 Å². The maximum atomic E-state index is 3.56. The summed E-state index contributed by atoms with van der Waals surface area (Å²) in [6.07, 6.45) is 5.38. The fourth-order valence-electron chi connectivity index (χ4n) is 2.86. The summed E-state index contributed by atoms with van der Waals surface area (Å²) in [5.41, 5.74) is 0. The average Bonchev–Trinajstić information content (AvgIpc) is 2.82. The van der Waals surface area contributed by atoms with Crippen molar-refractivity contribution in [2.75, 3.05) is 20.1 Å². The van der Waals surface area contributed by atoms with Crippen molar-refractivity contribution >= 4 is 27.3 Å². The lowest BCUT2D eigenvalue weighted by Crippen LogP contribution is -2.42. The second kappa shape index (κ2) is 7.04. The van der Waals surface area contributed by atoms with Gasteiger partial charge in [0.2, 0.25) is 0 Å². The van der Waals surface area contributed by atoms with Crippen LogP contribution in [0.15, 0.2) is 15.9 Å². The quantitative estimate of drug-likeness (QED) is 0.876. The standard InChI is InChI=1S/C14H23BrN2S/c1-11(14-9-12(15)10-18-14)17-8-4-3-5-13(17)6-7-16-2/h9-11,13,16H,3-8H2,1-2H3. The van der Waals surface area contributed by atoms with Gasteiger partial charge in [0.15, 0.2) is 0 Å². The Morgan fingerprint density at radius 3 is 3.06 bits per heavy atom. The van der Waals surface area contributed by atoms with E-state index in [1.165, 1.54) is 41.6 Å². The molecule has 18 heavy (non-hydrogen) atoms. The molecule has 0 amide bonds. The van der Waals surface area contributed by atoms with E-state index in [2.05, 4.69) is 44.5 Å². The van der Waals surface area contributed by atoms with E-state index in [1.54, 1.807) is 0 Å². The lowest BCUT2D eigenvalue weighted by Gasteiger charge is -2.39. The number of hydrogen-bond donors (Lipinski definition) is 1. The van der Waals surface area contributed by atoms with E-state index < -0.39 is 0 Å². The molecule has 0 saturated carbocycles. The van der Waals surface area contributed by atoms with Crippen molar-refractivity contribution in [3.8, 4) is 0 Å². The molecule has 2 nitrogen and oxygen atoms in total. The molecule has 2 atom stereocenters. The predicted molar refractivity (Wildman–Crippen MR) is 83.3 cm³/mol. The van der Waals surface area contributed by atoms with Crippen LogP contribution in [0.1, 0.15) is 43.5 Å². The second-order valence-corrected chi connectivity index (χ2v) is 6.98. The molecule has 0 aromatic carbocycles.